The zero-order chi connectivity index (χ0) is 27.9. The van der Waals surface area contributed by atoms with Gasteiger partial charge in [-0.3, -0.25) is 5.32 Å². The van der Waals surface area contributed by atoms with Gasteiger partial charge in [-0.25, -0.2) is 22.7 Å². The molecule has 3 rings (SSSR count). The summed E-state index contributed by atoms with van der Waals surface area (Å²) in [5, 5.41) is 18.6. The van der Waals surface area contributed by atoms with Crippen LogP contribution in [0.25, 0.3) is 11.1 Å². The third-order valence-electron chi connectivity index (χ3n) is 4.92. The molecule has 7 N–H and O–H groups in total. The number of sulfonamides is 1. The molecular formula is C24H28F3N5O4S. The molecule has 0 saturated heterocycles. The quantitative estimate of drug-likeness (QED) is 0.264. The Labute approximate surface area is 212 Å². The van der Waals surface area contributed by atoms with Crippen molar-refractivity contribution < 1.29 is 31.5 Å². The van der Waals surface area contributed by atoms with Crippen LogP contribution < -0.4 is 21.5 Å². The minimum atomic E-state index is -3.82. The maximum absolute atomic E-state index is 13.5. The third-order valence-corrected chi connectivity index (χ3v) is 5.89. The predicted molar refractivity (Wildman–Crippen MR) is 136 cm³/mol. The molecule has 0 aliphatic carbocycles. The van der Waals surface area contributed by atoms with Gasteiger partial charge in [0, 0.05) is 17.3 Å². The molecule has 1 heterocycles. The summed E-state index contributed by atoms with van der Waals surface area (Å²) in [6.07, 6.45) is -0.467. The SMILES string of the molecule is CC(C)C[C@H](C)Nc1c(F)c(N)nc(F)c1F.NS(=O)(=O)c1ccccc1-c1ccc(NC(=O)O)cc1. The number of rotatable bonds is 7. The van der Waals surface area contributed by atoms with Gasteiger partial charge in [0.2, 0.25) is 15.8 Å². The topological polar surface area (TPSA) is 160 Å². The van der Waals surface area contributed by atoms with Crippen LogP contribution in [0.1, 0.15) is 27.2 Å². The molecule has 13 heteroatoms. The summed E-state index contributed by atoms with van der Waals surface area (Å²) in [4.78, 5) is 13.5. The van der Waals surface area contributed by atoms with E-state index in [1.165, 1.54) is 6.07 Å². The van der Waals surface area contributed by atoms with E-state index in [0.717, 1.165) is 0 Å². The van der Waals surface area contributed by atoms with Crippen LogP contribution in [0.4, 0.5) is 35.2 Å². The Morgan fingerprint density at radius 3 is 2.16 bits per heavy atom. The number of halogens is 3. The number of nitrogens with zero attached hydrogens (tertiary/aromatic N) is 1. The van der Waals surface area contributed by atoms with Gasteiger partial charge in [-0.1, -0.05) is 44.2 Å². The number of carbonyl (C=O) groups is 1. The van der Waals surface area contributed by atoms with E-state index in [1.807, 2.05) is 13.8 Å². The second-order valence-electron chi connectivity index (χ2n) is 8.51. The summed E-state index contributed by atoms with van der Waals surface area (Å²) < 4.78 is 62.8. The molecule has 2 aromatic carbocycles. The number of nitrogen functional groups attached to an aromatic ring is 1. The first-order chi connectivity index (χ1) is 17.2. The summed E-state index contributed by atoms with van der Waals surface area (Å²) in [6, 6.07) is 12.5. The molecule has 0 saturated carbocycles. The lowest BCUT2D eigenvalue weighted by Crippen LogP contribution is -2.20. The molecule has 0 aliphatic heterocycles. The largest absolute Gasteiger partial charge is 0.465 e. The van der Waals surface area contributed by atoms with Crippen molar-refractivity contribution in [3.63, 3.8) is 0 Å². The highest BCUT2D eigenvalue weighted by molar-refractivity contribution is 7.89. The van der Waals surface area contributed by atoms with Crippen LogP contribution in [0, 0.1) is 23.5 Å². The van der Waals surface area contributed by atoms with Crippen molar-refractivity contribution in [3.05, 3.63) is 66.1 Å². The Bertz CT molecular complexity index is 1330. The second kappa shape index (κ2) is 12.4. The first-order valence-electron chi connectivity index (χ1n) is 11.0. The zero-order valence-electron chi connectivity index (χ0n) is 20.3. The highest BCUT2D eigenvalue weighted by Gasteiger charge is 2.20. The monoisotopic (exact) mass is 539 g/mol. The number of hydrogen-bond acceptors (Lipinski definition) is 6. The van der Waals surface area contributed by atoms with Crippen molar-refractivity contribution in [3.8, 4) is 11.1 Å². The fraction of sp³-hybridized carbons (Fsp3) is 0.250. The van der Waals surface area contributed by atoms with Crippen LogP contribution in [0.2, 0.25) is 0 Å². The molecule has 0 radical (unpaired) electrons. The Hall–Kier alpha value is -3.84. The van der Waals surface area contributed by atoms with Crippen molar-refractivity contribution in [2.75, 3.05) is 16.4 Å². The standard InChI is InChI=1S/C13H12N2O4S.C11H16F3N3/c14-20(18,19)12-4-2-1-3-11(12)9-5-7-10(8-6-9)15-13(16)17;1-5(2)4-6(3)16-9-7(12)10(14)17-11(15)8(9)13/h1-8,15H,(H,16,17)(H2,14,18,19);5-6H,4H2,1-3H3,(H3,15,16,17)/t;6-/m.0/s1. The second-order valence-corrected chi connectivity index (χ2v) is 10.0. The molecule has 0 aliphatic rings. The van der Waals surface area contributed by atoms with Crippen molar-refractivity contribution in [1.29, 1.82) is 0 Å². The molecule has 37 heavy (non-hydrogen) atoms. The number of amides is 1. The average Bonchev–Trinajstić information content (AvgIpc) is 2.80. The number of aromatic nitrogens is 1. The highest BCUT2D eigenvalue weighted by atomic mass is 32.2. The fourth-order valence-corrected chi connectivity index (χ4v) is 4.24. The van der Waals surface area contributed by atoms with Crippen LogP contribution >= 0.6 is 0 Å². The molecule has 1 aromatic heterocycles. The first kappa shape index (κ1) is 29.4. The van der Waals surface area contributed by atoms with Crippen LogP contribution in [0.3, 0.4) is 0 Å². The number of primary sulfonamides is 1. The van der Waals surface area contributed by atoms with Crippen LogP contribution in [-0.2, 0) is 10.0 Å². The molecule has 0 unspecified atom stereocenters. The number of anilines is 3. The molecule has 200 valence electrons. The Morgan fingerprint density at radius 1 is 1.03 bits per heavy atom. The van der Waals surface area contributed by atoms with Gasteiger partial charge in [0.15, 0.2) is 11.6 Å². The molecule has 0 fully saturated rings. The fourth-order valence-electron chi connectivity index (χ4n) is 3.48. The molecule has 1 amide bonds. The highest BCUT2D eigenvalue weighted by Crippen LogP contribution is 2.28. The van der Waals surface area contributed by atoms with Crippen LogP contribution in [0.5, 0.6) is 0 Å². The van der Waals surface area contributed by atoms with E-state index in [9.17, 15) is 26.4 Å². The van der Waals surface area contributed by atoms with Gasteiger partial charge >= 0.3 is 6.09 Å². The summed E-state index contributed by atoms with van der Waals surface area (Å²) in [5.41, 5.74) is 6.08. The lowest BCUT2D eigenvalue weighted by molar-refractivity contribution is 0.209. The summed E-state index contributed by atoms with van der Waals surface area (Å²) >= 11 is 0. The molecule has 9 nitrogen and oxygen atoms in total. The van der Waals surface area contributed by atoms with Gasteiger partial charge in [-0.05, 0) is 43.0 Å². The smallest absolute Gasteiger partial charge is 0.409 e. The van der Waals surface area contributed by atoms with E-state index < -0.39 is 45.2 Å². The van der Waals surface area contributed by atoms with E-state index in [2.05, 4.69) is 15.6 Å². The van der Waals surface area contributed by atoms with Gasteiger partial charge in [-0.2, -0.15) is 13.8 Å². The van der Waals surface area contributed by atoms with Crippen LogP contribution in [-0.4, -0.2) is 30.6 Å². The minimum Gasteiger partial charge on any atom is -0.465 e. The number of nitrogens with two attached hydrogens (primary N) is 2. The predicted octanol–water partition coefficient (Wildman–Crippen LogP) is 5.02. The van der Waals surface area contributed by atoms with Gasteiger partial charge in [0.1, 0.15) is 5.69 Å². The summed E-state index contributed by atoms with van der Waals surface area (Å²) in [6.45, 7) is 5.71. The molecular weight excluding hydrogens is 511 g/mol. The maximum atomic E-state index is 13.5. The van der Waals surface area contributed by atoms with Gasteiger partial charge in [0.05, 0.1) is 4.90 Å². The molecule has 3 aromatic rings. The van der Waals surface area contributed by atoms with Gasteiger partial charge < -0.3 is 16.2 Å². The van der Waals surface area contributed by atoms with Crippen LogP contribution in [0.15, 0.2) is 53.4 Å². The van der Waals surface area contributed by atoms with Crippen molar-refractivity contribution in [2.24, 2.45) is 11.1 Å². The maximum Gasteiger partial charge on any atom is 0.409 e. The lowest BCUT2D eigenvalue weighted by atomic mass is 10.1. The lowest BCUT2D eigenvalue weighted by Gasteiger charge is -2.18. The number of hydrogen-bond donors (Lipinski definition) is 5. The molecule has 0 spiro atoms. The third kappa shape index (κ3) is 8.36. The number of pyridine rings is 1. The van der Waals surface area contributed by atoms with E-state index in [0.29, 0.717) is 29.2 Å². The van der Waals surface area contributed by atoms with Gasteiger partial charge in [0.25, 0.3) is 5.95 Å². The minimum absolute atomic E-state index is 0.0268. The Morgan fingerprint density at radius 2 is 1.62 bits per heavy atom. The number of carboxylic acid groups (broad SMARTS) is 1. The first-order valence-corrected chi connectivity index (χ1v) is 12.5. The number of benzene rings is 2. The normalized spacial score (nSPS) is 11.9. The zero-order valence-corrected chi connectivity index (χ0v) is 21.1. The van der Waals surface area contributed by atoms with Crippen molar-refractivity contribution >= 4 is 33.3 Å². The van der Waals surface area contributed by atoms with E-state index in [-0.39, 0.29) is 10.9 Å². The number of nitrogens with one attached hydrogen (secondary N) is 2. The average molecular weight is 540 g/mol. The molecule has 1 atom stereocenters. The summed E-state index contributed by atoms with van der Waals surface area (Å²) in [7, 11) is -3.82. The van der Waals surface area contributed by atoms with E-state index in [1.54, 1.807) is 49.4 Å². The Kier molecular flexibility index (Phi) is 9.86. The molecule has 0 bridgehead atoms. The summed E-state index contributed by atoms with van der Waals surface area (Å²) in [5.74, 6) is -4.09. The van der Waals surface area contributed by atoms with Crippen molar-refractivity contribution in [2.45, 2.75) is 38.1 Å². The van der Waals surface area contributed by atoms with Gasteiger partial charge in [-0.15, -0.1) is 0 Å². The van der Waals surface area contributed by atoms with Crippen molar-refractivity contribution in [1.82, 2.24) is 4.98 Å². The van der Waals surface area contributed by atoms with E-state index in [4.69, 9.17) is 16.0 Å². The Balaban J connectivity index is 0.000000264. The van der Waals surface area contributed by atoms with E-state index >= 15 is 0 Å².